The van der Waals surface area contributed by atoms with Crippen LogP contribution < -0.4 is 5.73 Å². The van der Waals surface area contributed by atoms with Crippen LogP contribution in [0.3, 0.4) is 0 Å². The number of aliphatic hydroxyl groups excluding tert-OH is 1. The second-order valence-electron chi connectivity index (χ2n) is 5.40. The highest BCUT2D eigenvalue weighted by molar-refractivity contribution is 5.16. The lowest BCUT2D eigenvalue weighted by molar-refractivity contribution is -0.886. The average Bonchev–Trinajstić information content (AvgIpc) is 2.29. The number of nitrogens with two attached hydrogens (primary N) is 1. The molecule has 0 heterocycles. The predicted octanol–water partition coefficient (Wildman–Crippen LogP) is 0.627. The van der Waals surface area contributed by atoms with Crippen LogP contribution >= 0.6 is 0 Å². The van der Waals surface area contributed by atoms with Crippen LogP contribution in [0.25, 0.3) is 0 Å². The summed E-state index contributed by atoms with van der Waals surface area (Å²) in [5, 5.41) is 10.1. The Labute approximate surface area is 110 Å². The third-order valence-electron chi connectivity index (χ3n) is 3.01. The van der Waals surface area contributed by atoms with E-state index in [2.05, 4.69) is 5.92 Å². The van der Waals surface area contributed by atoms with Crippen LogP contribution in [0.5, 0.6) is 0 Å². The van der Waals surface area contributed by atoms with Gasteiger partial charge < -0.3 is 15.3 Å². The maximum Gasteiger partial charge on any atom is 0.140 e. The fourth-order valence-electron chi connectivity index (χ4n) is 1.98. The molecule has 0 spiro atoms. The Balaban J connectivity index is 2.52. The molecule has 0 saturated heterocycles. The summed E-state index contributed by atoms with van der Waals surface area (Å²) in [6, 6.07) is 9.71. The predicted molar refractivity (Wildman–Crippen MR) is 74.8 cm³/mol. The second kappa shape index (κ2) is 6.55. The van der Waals surface area contributed by atoms with E-state index in [1.165, 1.54) is 0 Å². The lowest BCUT2D eigenvalue weighted by Crippen LogP contribution is -2.51. The van der Waals surface area contributed by atoms with Crippen LogP contribution in [0.1, 0.15) is 5.56 Å². The van der Waals surface area contributed by atoms with Gasteiger partial charge in [0.15, 0.2) is 0 Å². The Kier molecular flexibility index (Phi) is 5.36. The number of hydrogen-bond donors (Lipinski definition) is 2. The number of quaternary nitrogens is 1. The van der Waals surface area contributed by atoms with Crippen molar-refractivity contribution in [1.82, 2.24) is 0 Å². The maximum atomic E-state index is 10.1. The zero-order valence-corrected chi connectivity index (χ0v) is 11.2. The molecule has 1 aromatic rings. The van der Waals surface area contributed by atoms with Crippen molar-refractivity contribution >= 4 is 0 Å². The summed E-state index contributed by atoms with van der Waals surface area (Å²) in [4.78, 5) is 0. The van der Waals surface area contributed by atoms with Crippen molar-refractivity contribution in [2.24, 2.45) is 5.73 Å². The van der Waals surface area contributed by atoms with Gasteiger partial charge in [0.1, 0.15) is 19.2 Å². The third kappa shape index (κ3) is 4.89. The van der Waals surface area contributed by atoms with Crippen molar-refractivity contribution in [3.8, 4) is 12.3 Å². The lowest BCUT2D eigenvalue weighted by Gasteiger charge is -2.31. The molecule has 1 aromatic carbocycles. The first kappa shape index (κ1) is 14.7. The van der Waals surface area contributed by atoms with Gasteiger partial charge in [0.2, 0.25) is 0 Å². The van der Waals surface area contributed by atoms with E-state index in [9.17, 15) is 5.11 Å². The Morgan fingerprint density at radius 2 is 1.94 bits per heavy atom. The molecule has 0 aliphatic heterocycles. The SMILES string of the molecule is C#CC[N+](C)(C)CC(O)C(N)Cc1ccccc1. The molecule has 1 rings (SSSR count). The molecule has 3 heteroatoms. The molecule has 0 fully saturated rings. The van der Waals surface area contributed by atoms with Crippen molar-refractivity contribution in [1.29, 1.82) is 0 Å². The van der Waals surface area contributed by atoms with Crippen LogP contribution in [0.15, 0.2) is 30.3 Å². The molecular weight excluding hydrogens is 224 g/mol. The minimum absolute atomic E-state index is 0.262. The molecule has 18 heavy (non-hydrogen) atoms. The fraction of sp³-hybridized carbons (Fsp3) is 0.467. The zero-order chi connectivity index (χ0) is 13.6. The van der Waals surface area contributed by atoms with Crippen molar-refractivity contribution < 1.29 is 9.59 Å². The number of benzene rings is 1. The second-order valence-corrected chi connectivity index (χ2v) is 5.40. The van der Waals surface area contributed by atoms with E-state index in [1.807, 2.05) is 44.4 Å². The fourth-order valence-corrected chi connectivity index (χ4v) is 1.98. The van der Waals surface area contributed by atoms with Gasteiger partial charge in [0, 0.05) is 6.04 Å². The van der Waals surface area contributed by atoms with Gasteiger partial charge in [-0.05, 0) is 17.9 Å². The lowest BCUT2D eigenvalue weighted by atomic mass is 10.0. The van der Waals surface area contributed by atoms with E-state index in [1.54, 1.807) is 0 Å². The van der Waals surface area contributed by atoms with Gasteiger partial charge in [-0.3, -0.25) is 0 Å². The minimum atomic E-state index is -0.548. The number of terminal acetylenes is 1. The molecule has 0 saturated carbocycles. The van der Waals surface area contributed by atoms with Crippen molar-refractivity contribution in [3.05, 3.63) is 35.9 Å². The van der Waals surface area contributed by atoms with E-state index in [0.717, 1.165) is 5.56 Å². The number of rotatable bonds is 6. The summed E-state index contributed by atoms with van der Waals surface area (Å²) in [6.07, 6.45) is 5.44. The smallest absolute Gasteiger partial charge is 0.140 e. The number of nitrogens with zero attached hydrogens (tertiary/aromatic N) is 1. The Morgan fingerprint density at radius 1 is 1.33 bits per heavy atom. The number of aliphatic hydroxyl groups is 1. The molecule has 0 aromatic heterocycles. The molecule has 0 bridgehead atoms. The van der Waals surface area contributed by atoms with Crippen LogP contribution in [0.4, 0.5) is 0 Å². The monoisotopic (exact) mass is 247 g/mol. The van der Waals surface area contributed by atoms with E-state index in [0.29, 0.717) is 24.0 Å². The number of likely N-dealkylation sites (N-methyl/N-ethyl adjacent to an activating group) is 1. The maximum absolute atomic E-state index is 10.1. The zero-order valence-electron chi connectivity index (χ0n) is 11.2. The molecule has 0 amide bonds. The molecular formula is C15H23N2O+. The molecule has 0 aliphatic carbocycles. The molecule has 98 valence electrons. The van der Waals surface area contributed by atoms with E-state index >= 15 is 0 Å². The highest BCUT2D eigenvalue weighted by atomic mass is 16.3. The third-order valence-corrected chi connectivity index (χ3v) is 3.01. The summed E-state index contributed by atoms with van der Waals surface area (Å²) < 4.78 is 0.583. The summed E-state index contributed by atoms with van der Waals surface area (Å²) >= 11 is 0. The highest BCUT2D eigenvalue weighted by Crippen LogP contribution is 2.07. The Hall–Kier alpha value is -1.34. The topological polar surface area (TPSA) is 46.2 Å². The molecule has 0 aliphatic rings. The molecule has 2 unspecified atom stereocenters. The molecule has 3 N–H and O–H groups in total. The first-order chi connectivity index (χ1) is 8.44. The molecule has 3 nitrogen and oxygen atoms in total. The van der Waals surface area contributed by atoms with Gasteiger partial charge in [0.05, 0.1) is 14.1 Å². The van der Waals surface area contributed by atoms with Crippen LogP contribution in [-0.4, -0.2) is 48.9 Å². The summed E-state index contributed by atoms with van der Waals surface area (Å²) in [5.74, 6) is 2.62. The molecule has 2 atom stereocenters. The van der Waals surface area contributed by atoms with Crippen LogP contribution in [0, 0.1) is 12.3 Å². The molecule has 0 radical (unpaired) electrons. The largest absolute Gasteiger partial charge is 0.386 e. The van der Waals surface area contributed by atoms with Gasteiger partial charge in [-0.15, -0.1) is 6.42 Å². The van der Waals surface area contributed by atoms with Gasteiger partial charge in [-0.2, -0.15) is 0 Å². The Bertz CT molecular complexity index is 395. The van der Waals surface area contributed by atoms with Gasteiger partial charge in [-0.1, -0.05) is 30.3 Å². The summed E-state index contributed by atoms with van der Waals surface area (Å²) in [5.41, 5.74) is 7.19. The standard InChI is InChI=1S/C15H23N2O/c1-4-10-17(2,3)12-15(18)14(16)11-13-8-6-5-7-9-13/h1,5-9,14-15,18H,10-12,16H2,2-3H3/q+1. The van der Waals surface area contributed by atoms with Gasteiger partial charge in [0.25, 0.3) is 0 Å². The van der Waals surface area contributed by atoms with Crippen LogP contribution in [-0.2, 0) is 6.42 Å². The quantitative estimate of drug-likeness (QED) is 0.572. The van der Waals surface area contributed by atoms with Gasteiger partial charge >= 0.3 is 0 Å². The Morgan fingerprint density at radius 3 is 2.50 bits per heavy atom. The normalized spacial score (nSPS) is 14.8. The summed E-state index contributed by atoms with van der Waals surface area (Å²) in [6.45, 7) is 1.16. The summed E-state index contributed by atoms with van der Waals surface area (Å²) in [7, 11) is 4.00. The van der Waals surface area contributed by atoms with E-state index in [-0.39, 0.29) is 6.04 Å². The van der Waals surface area contributed by atoms with Crippen LogP contribution in [0.2, 0.25) is 0 Å². The van der Waals surface area contributed by atoms with E-state index < -0.39 is 6.10 Å². The first-order valence-electron chi connectivity index (χ1n) is 6.17. The highest BCUT2D eigenvalue weighted by Gasteiger charge is 2.24. The number of hydrogen-bond acceptors (Lipinski definition) is 2. The average molecular weight is 247 g/mol. The van der Waals surface area contributed by atoms with Crippen molar-refractivity contribution in [2.45, 2.75) is 18.6 Å². The van der Waals surface area contributed by atoms with Crippen molar-refractivity contribution in [2.75, 3.05) is 27.2 Å². The van der Waals surface area contributed by atoms with Gasteiger partial charge in [-0.25, -0.2) is 0 Å². The van der Waals surface area contributed by atoms with Crippen molar-refractivity contribution in [3.63, 3.8) is 0 Å². The minimum Gasteiger partial charge on any atom is -0.386 e. The first-order valence-corrected chi connectivity index (χ1v) is 6.17. The van der Waals surface area contributed by atoms with E-state index in [4.69, 9.17) is 12.2 Å².